The molecule has 66 valence electrons. The summed E-state index contributed by atoms with van der Waals surface area (Å²) in [4.78, 5) is 14.8. The average Bonchev–Trinajstić information content (AvgIpc) is 1.99. The van der Waals surface area contributed by atoms with Gasteiger partial charge >= 0.3 is 5.97 Å². The Hall–Kier alpha value is -0.650. The van der Waals surface area contributed by atoms with Crippen molar-refractivity contribution in [1.82, 2.24) is 5.59 Å². The second-order valence-electron chi connectivity index (χ2n) is 1.95. The molecule has 0 unspecified atom stereocenters. The molecule has 0 radical (unpaired) electrons. The van der Waals surface area contributed by atoms with Crippen LogP contribution < -0.4 is 11.4 Å². The summed E-state index contributed by atoms with van der Waals surface area (Å²) in [6.45, 7) is 3.05. The smallest absolute Gasteiger partial charge is 0.328 e. The highest BCUT2D eigenvalue weighted by molar-refractivity contribution is 5.69. The normalized spacial score (nSPS) is 9.64. The summed E-state index contributed by atoms with van der Waals surface area (Å²) in [5.41, 5.74) is 1.80. The van der Waals surface area contributed by atoms with Gasteiger partial charge in [0.1, 0.15) is 0 Å². The first-order valence-corrected chi connectivity index (χ1v) is 3.54. The van der Waals surface area contributed by atoms with Crippen LogP contribution in [0.3, 0.4) is 0 Å². The van der Waals surface area contributed by atoms with E-state index < -0.39 is 5.97 Å². The molecule has 0 aliphatic heterocycles. The Morgan fingerprint density at radius 1 is 1.55 bits per heavy atom. The second-order valence-corrected chi connectivity index (χ2v) is 1.95. The minimum absolute atomic E-state index is 0.226. The van der Waals surface area contributed by atoms with Gasteiger partial charge in [0, 0.05) is 6.61 Å². The Kier molecular flexibility index (Phi) is 7.02. The molecule has 0 fully saturated rings. The zero-order valence-electron chi connectivity index (χ0n) is 6.63. The fourth-order valence-corrected chi connectivity index (χ4v) is 0.519. The van der Waals surface area contributed by atoms with Crippen LogP contribution in [0.2, 0.25) is 0 Å². The number of hydrazine groups is 1. The number of hydrogen-bond donors (Lipinski definition) is 2. The van der Waals surface area contributed by atoms with E-state index in [-0.39, 0.29) is 6.42 Å². The summed E-state index contributed by atoms with van der Waals surface area (Å²) < 4.78 is 5.03. The van der Waals surface area contributed by atoms with Crippen molar-refractivity contribution in [2.45, 2.75) is 19.8 Å². The lowest BCUT2D eigenvalue weighted by Gasteiger charge is -2.01. The number of ether oxygens (including phenoxy) is 1. The first kappa shape index (κ1) is 10.3. The van der Waals surface area contributed by atoms with E-state index in [0.29, 0.717) is 13.2 Å². The molecule has 0 heterocycles. The summed E-state index contributed by atoms with van der Waals surface area (Å²) in [6, 6.07) is 0. The van der Waals surface area contributed by atoms with Gasteiger partial charge in [-0.2, -0.15) is 0 Å². The third-order valence-electron chi connectivity index (χ3n) is 0.972. The van der Waals surface area contributed by atoms with Crippen LogP contribution >= 0.6 is 0 Å². The van der Waals surface area contributed by atoms with Gasteiger partial charge in [-0.25, -0.2) is 5.84 Å². The molecular formula is C6H14N2O3. The maximum atomic E-state index is 10.6. The van der Waals surface area contributed by atoms with Crippen molar-refractivity contribution in [2.75, 3.05) is 13.2 Å². The van der Waals surface area contributed by atoms with Crippen molar-refractivity contribution in [3.8, 4) is 0 Å². The highest BCUT2D eigenvalue weighted by Crippen LogP contribution is 1.86. The third kappa shape index (κ3) is 7.24. The van der Waals surface area contributed by atoms with Gasteiger partial charge in [-0.15, -0.1) is 0 Å². The van der Waals surface area contributed by atoms with Gasteiger partial charge in [-0.1, -0.05) is 12.5 Å². The van der Waals surface area contributed by atoms with Crippen molar-refractivity contribution in [1.29, 1.82) is 0 Å². The van der Waals surface area contributed by atoms with Gasteiger partial charge < -0.3 is 9.57 Å². The molecular weight excluding hydrogens is 148 g/mol. The SMILES string of the molecule is CCCOCCC(=O)ONN. The standard InChI is InChI=1S/C6H14N2O3/c1-2-4-10-5-3-6(9)11-8-7/h8H,2-5,7H2,1H3. The van der Waals surface area contributed by atoms with Crippen LogP contribution in [0.5, 0.6) is 0 Å². The minimum atomic E-state index is -0.413. The van der Waals surface area contributed by atoms with E-state index in [0.717, 1.165) is 6.42 Å². The number of rotatable bonds is 6. The predicted molar refractivity (Wildman–Crippen MR) is 39.1 cm³/mol. The average molecular weight is 162 g/mol. The molecule has 0 saturated heterocycles. The number of nitrogens with two attached hydrogens (primary N) is 1. The summed E-state index contributed by atoms with van der Waals surface area (Å²) in [6.07, 6.45) is 1.17. The minimum Gasteiger partial charge on any atom is -0.381 e. The lowest BCUT2D eigenvalue weighted by Crippen LogP contribution is -2.26. The molecule has 0 aromatic carbocycles. The molecule has 0 bridgehead atoms. The van der Waals surface area contributed by atoms with Crippen LogP contribution in [0.25, 0.3) is 0 Å². The highest BCUT2D eigenvalue weighted by Gasteiger charge is 2.00. The molecule has 0 aliphatic carbocycles. The quantitative estimate of drug-likeness (QED) is 0.319. The lowest BCUT2D eigenvalue weighted by atomic mass is 10.4. The van der Waals surface area contributed by atoms with Crippen LogP contribution in [0, 0.1) is 0 Å². The summed E-state index contributed by atoms with van der Waals surface area (Å²) in [7, 11) is 0. The maximum Gasteiger partial charge on any atom is 0.328 e. The molecule has 0 rings (SSSR count). The first-order valence-electron chi connectivity index (χ1n) is 3.54. The van der Waals surface area contributed by atoms with E-state index in [4.69, 9.17) is 10.6 Å². The Labute approximate surface area is 65.8 Å². The van der Waals surface area contributed by atoms with E-state index in [1.165, 1.54) is 0 Å². The third-order valence-corrected chi connectivity index (χ3v) is 0.972. The zero-order valence-corrected chi connectivity index (χ0v) is 6.63. The van der Waals surface area contributed by atoms with E-state index >= 15 is 0 Å². The molecule has 0 atom stereocenters. The summed E-state index contributed by atoms with van der Waals surface area (Å²) >= 11 is 0. The lowest BCUT2D eigenvalue weighted by molar-refractivity contribution is -0.152. The first-order chi connectivity index (χ1) is 5.31. The molecule has 5 nitrogen and oxygen atoms in total. The summed E-state index contributed by atoms with van der Waals surface area (Å²) in [5, 5.41) is 0. The number of carbonyl (C=O) groups excluding carboxylic acids is 1. The topological polar surface area (TPSA) is 73.6 Å². The van der Waals surface area contributed by atoms with Crippen molar-refractivity contribution >= 4 is 5.97 Å². The largest absolute Gasteiger partial charge is 0.381 e. The second kappa shape index (κ2) is 7.46. The molecule has 0 aromatic heterocycles. The maximum absolute atomic E-state index is 10.6. The van der Waals surface area contributed by atoms with Crippen LogP contribution in [0.1, 0.15) is 19.8 Å². The molecule has 0 aliphatic rings. The molecule has 3 N–H and O–H groups in total. The monoisotopic (exact) mass is 162 g/mol. The van der Waals surface area contributed by atoms with Gasteiger partial charge in [0.05, 0.1) is 13.0 Å². The van der Waals surface area contributed by atoms with Crippen molar-refractivity contribution in [2.24, 2.45) is 5.84 Å². The van der Waals surface area contributed by atoms with Gasteiger partial charge in [0.2, 0.25) is 0 Å². The van der Waals surface area contributed by atoms with Crippen LogP contribution in [-0.4, -0.2) is 19.2 Å². The molecule has 0 amide bonds. The Morgan fingerprint density at radius 3 is 2.82 bits per heavy atom. The van der Waals surface area contributed by atoms with E-state index in [1.807, 2.05) is 6.92 Å². The van der Waals surface area contributed by atoms with Crippen LogP contribution in [0.15, 0.2) is 0 Å². The van der Waals surface area contributed by atoms with Gasteiger partial charge in [0.25, 0.3) is 0 Å². The molecule has 0 aromatic rings. The van der Waals surface area contributed by atoms with Gasteiger partial charge in [0.15, 0.2) is 0 Å². The van der Waals surface area contributed by atoms with E-state index in [9.17, 15) is 4.79 Å². The van der Waals surface area contributed by atoms with Crippen LogP contribution in [0.4, 0.5) is 0 Å². The summed E-state index contributed by atoms with van der Waals surface area (Å²) in [5.74, 6) is 4.31. The fraction of sp³-hybridized carbons (Fsp3) is 0.833. The van der Waals surface area contributed by atoms with Gasteiger partial charge in [-0.3, -0.25) is 4.79 Å². The Balaban J connectivity index is 3.04. The van der Waals surface area contributed by atoms with Crippen LogP contribution in [-0.2, 0) is 14.4 Å². The van der Waals surface area contributed by atoms with Crippen molar-refractivity contribution < 1.29 is 14.4 Å². The molecule has 0 spiro atoms. The van der Waals surface area contributed by atoms with E-state index in [1.54, 1.807) is 5.59 Å². The van der Waals surface area contributed by atoms with E-state index in [2.05, 4.69) is 4.84 Å². The Morgan fingerprint density at radius 2 is 2.27 bits per heavy atom. The number of carbonyl (C=O) groups is 1. The molecule has 11 heavy (non-hydrogen) atoms. The Bertz CT molecular complexity index is 108. The van der Waals surface area contributed by atoms with Crippen molar-refractivity contribution in [3.63, 3.8) is 0 Å². The van der Waals surface area contributed by atoms with Crippen molar-refractivity contribution in [3.05, 3.63) is 0 Å². The predicted octanol–water partition coefficient (Wildman–Crippen LogP) is -0.275. The zero-order chi connectivity index (χ0) is 8.53. The molecule has 5 heteroatoms. The number of nitrogens with one attached hydrogen (secondary N) is 1. The van der Waals surface area contributed by atoms with Gasteiger partial charge in [-0.05, 0) is 6.42 Å². The molecule has 0 saturated carbocycles. The fourth-order valence-electron chi connectivity index (χ4n) is 0.519. The highest BCUT2D eigenvalue weighted by atomic mass is 16.7. The number of hydrogen-bond acceptors (Lipinski definition) is 5.